The number of ether oxygens (including phenoxy) is 4. The Hall–Kier alpha value is -1.63. The average molecular weight is 357 g/mol. The van der Waals surface area contributed by atoms with Crippen molar-refractivity contribution in [2.24, 2.45) is 0 Å². The molecule has 0 aliphatic carbocycles. The van der Waals surface area contributed by atoms with Crippen molar-refractivity contribution in [2.75, 3.05) is 0 Å². The van der Waals surface area contributed by atoms with Crippen molar-refractivity contribution in [3.05, 3.63) is 6.61 Å². The number of hydrogen-bond acceptors (Lipinski definition) is 7. The van der Waals surface area contributed by atoms with Crippen LogP contribution >= 0.6 is 0 Å². The molecule has 1 rings (SSSR count). The van der Waals surface area contributed by atoms with Crippen LogP contribution in [0.3, 0.4) is 0 Å². The Balaban J connectivity index is 2.91. The minimum Gasteiger partial charge on any atom is -0.455 e. The second-order valence-electron chi connectivity index (χ2n) is 6.09. The minimum atomic E-state index is -0.913. The summed E-state index contributed by atoms with van der Waals surface area (Å²) in [5.74, 6) is -1.25. The predicted molar refractivity (Wildman–Crippen MR) is 89.2 cm³/mol. The fourth-order valence-corrected chi connectivity index (χ4v) is 2.45. The zero-order valence-electron chi connectivity index (χ0n) is 15.5. The molecule has 0 amide bonds. The van der Waals surface area contributed by atoms with Gasteiger partial charge in [0.2, 0.25) is 0 Å². The Kier molecular flexibility index (Phi) is 9.49. The largest absolute Gasteiger partial charge is 0.455 e. The summed E-state index contributed by atoms with van der Waals surface area (Å²) in [6.07, 6.45) is -0.525. The van der Waals surface area contributed by atoms with Crippen LogP contribution in [0.25, 0.3) is 0 Å². The van der Waals surface area contributed by atoms with Gasteiger partial charge < -0.3 is 18.9 Å². The number of carbonyl (C=O) groups excluding carboxylic acids is 3. The first kappa shape index (κ1) is 21.4. The van der Waals surface area contributed by atoms with E-state index in [2.05, 4.69) is 0 Å². The molecule has 143 valence electrons. The van der Waals surface area contributed by atoms with Crippen LogP contribution < -0.4 is 0 Å². The summed E-state index contributed by atoms with van der Waals surface area (Å²) >= 11 is 0. The highest BCUT2D eigenvalue weighted by molar-refractivity contribution is 5.71. The van der Waals surface area contributed by atoms with E-state index in [-0.39, 0.29) is 19.3 Å². The maximum atomic E-state index is 12.0. The summed E-state index contributed by atoms with van der Waals surface area (Å²) in [6, 6.07) is 0. The number of esters is 3. The molecule has 7 nitrogen and oxygen atoms in total. The molecule has 0 aromatic rings. The van der Waals surface area contributed by atoms with Crippen LogP contribution in [0.4, 0.5) is 0 Å². The lowest BCUT2D eigenvalue weighted by molar-refractivity contribution is -0.212. The van der Waals surface area contributed by atoms with Crippen LogP contribution in [0.5, 0.6) is 0 Å². The third kappa shape index (κ3) is 7.02. The van der Waals surface area contributed by atoms with E-state index in [0.29, 0.717) is 19.3 Å². The molecular weight excluding hydrogens is 328 g/mol. The summed E-state index contributed by atoms with van der Waals surface area (Å²) in [6.45, 7) is 8.64. The zero-order chi connectivity index (χ0) is 18.8. The summed E-state index contributed by atoms with van der Waals surface area (Å²) in [5, 5.41) is 0. The van der Waals surface area contributed by atoms with Gasteiger partial charge in [0.05, 0.1) is 6.10 Å². The van der Waals surface area contributed by atoms with Gasteiger partial charge in [0.25, 0.3) is 0 Å². The molecular formula is C18H29O7. The van der Waals surface area contributed by atoms with Gasteiger partial charge in [-0.1, -0.05) is 20.8 Å². The average Bonchev–Trinajstić information content (AvgIpc) is 2.54. The normalized spacial score (nSPS) is 25.9. The van der Waals surface area contributed by atoms with Crippen molar-refractivity contribution in [3.8, 4) is 0 Å². The summed E-state index contributed by atoms with van der Waals surface area (Å²) in [5.41, 5.74) is 0. The molecule has 25 heavy (non-hydrogen) atoms. The second-order valence-corrected chi connectivity index (χ2v) is 6.09. The first-order valence-corrected chi connectivity index (χ1v) is 9.00. The first-order valence-electron chi connectivity index (χ1n) is 9.00. The van der Waals surface area contributed by atoms with Crippen LogP contribution in [0, 0.1) is 6.61 Å². The Bertz CT molecular complexity index is 449. The third-order valence-corrected chi connectivity index (χ3v) is 3.70. The SMILES string of the molecule is CCCC(=O)O[C@H]1[C@H](OC(=O)CCC)[C@@H](OC(=O)CCC)[CH]O[C@H]1C. The smallest absolute Gasteiger partial charge is 0.306 e. The summed E-state index contributed by atoms with van der Waals surface area (Å²) in [4.78, 5) is 35.7. The molecule has 0 aromatic carbocycles. The molecule has 1 fully saturated rings. The van der Waals surface area contributed by atoms with Gasteiger partial charge in [-0.3, -0.25) is 14.4 Å². The lowest BCUT2D eigenvalue weighted by Crippen LogP contribution is -2.55. The van der Waals surface area contributed by atoms with Gasteiger partial charge in [-0.2, -0.15) is 0 Å². The van der Waals surface area contributed by atoms with Crippen molar-refractivity contribution >= 4 is 17.9 Å². The topological polar surface area (TPSA) is 88.1 Å². The Morgan fingerprint density at radius 3 is 1.72 bits per heavy atom. The van der Waals surface area contributed by atoms with Crippen molar-refractivity contribution in [1.29, 1.82) is 0 Å². The van der Waals surface area contributed by atoms with Gasteiger partial charge in [-0.05, 0) is 26.2 Å². The molecule has 1 aliphatic rings. The second kappa shape index (κ2) is 11.1. The molecule has 4 atom stereocenters. The van der Waals surface area contributed by atoms with Crippen LogP contribution in [0.15, 0.2) is 0 Å². The minimum absolute atomic E-state index is 0.233. The van der Waals surface area contributed by atoms with Gasteiger partial charge in [0, 0.05) is 19.3 Å². The van der Waals surface area contributed by atoms with Crippen molar-refractivity contribution in [2.45, 2.75) is 90.6 Å². The highest BCUT2D eigenvalue weighted by Crippen LogP contribution is 2.27. The quantitative estimate of drug-likeness (QED) is 0.463. The lowest BCUT2D eigenvalue weighted by atomic mass is 10.00. The van der Waals surface area contributed by atoms with E-state index in [9.17, 15) is 14.4 Å². The number of rotatable bonds is 9. The molecule has 0 unspecified atom stereocenters. The number of hydrogen-bond donors (Lipinski definition) is 0. The predicted octanol–water partition coefficient (Wildman–Crippen LogP) is 2.70. The van der Waals surface area contributed by atoms with E-state index in [1.807, 2.05) is 20.8 Å². The van der Waals surface area contributed by atoms with Crippen molar-refractivity contribution in [1.82, 2.24) is 0 Å². The van der Waals surface area contributed by atoms with E-state index in [1.165, 1.54) is 6.61 Å². The van der Waals surface area contributed by atoms with Gasteiger partial charge in [0.15, 0.2) is 18.3 Å². The lowest BCUT2D eigenvalue weighted by Gasteiger charge is -2.39. The third-order valence-electron chi connectivity index (χ3n) is 3.70. The molecule has 0 spiro atoms. The van der Waals surface area contributed by atoms with Gasteiger partial charge >= 0.3 is 17.9 Å². The van der Waals surface area contributed by atoms with E-state index in [4.69, 9.17) is 18.9 Å². The molecule has 7 heteroatoms. The fourth-order valence-electron chi connectivity index (χ4n) is 2.45. The Morgan fingerprint density at radius 2 is 1.24 bits per heavy atom. The summed E-state index contributed by atoms with van der Waals surface area (Å²) in [7, 11) is 0. The molecule has 0 saturated carbocycles. The summed E-state index contributed by atoms with van der Waals surface area (Å²) < 4.78 is 21.8. The van der Waals surface area contributed by atoms with Crippen LogP contribution in [-0.4, -0.2) is 42.3 Å². The first-order chi connectivity index (χ1) is 11.9. The maximum absolute atomic E-state index is 12.0. The molecule has 1 aliphatic heterocycles. The monoisotopic (exact) mass is 357 g/mol. The van der Waals surface area contributed by atoms with Gasteiger partial charge in [-0.15, -0.1) is 0 Å². The van der Waals surface area contributed by atoms with E-state index >= 15 is 0 Å². The van der Waals surface area contributed by atoms with Crippen LogP contribution in [0.1, 0.15) is 66.2 Å². The molecule has 1 heterocycles. The Labute approximate surface area is 149 Å². The molecule has 0 aromatic heterocycles. The molecule has 1 saturated heterocycles. The Morgan fingerprint density at radius 1 is 0.800 bits per heavy atom. The van der Waals surface area contributed by atoms with Crippen LogP contribution in [0.2, 0.25) is 0 Å². The van der Waals surface area contributed by atoms with Crippen LogP contribution in [-0.2, 0) is 33.3 Å². The molecule has 0 N–H and O–H groups in total. The van der Waals surface area contributed by atoms with Gasteiger partial charge in [0.1, 0.15) is 6.61 Å². The molecule has 1 radical (unpaired) electrons. The van der Waals surface area contributed by atoms with Crippen molar-refractivity contribution in [3.63, 3.8) is 0 Å². The maximum Gasteiger partial charge on any atom is 0.306 e. The van der Waals surface area contributed by atoms with Gasteiger partial charge in [-0.25, -0.2) is 0 Å². The highest BCUT2D eigenvalue weighted by Gasteiger charge is 2.46. The van der Waals surface area contributed by atoms with E-state index < -0.39 is 42.3 Å². The van der Waals surface area contributed by atoms with E-state index in [1.54, 1.807) is 6.92 Å². The standard InChI is InChI=1S/C18H29O7/c1-5-8-14(19)23-13-11-22-12(4)17(24-15(20)9-6-2)18(13)25-16(21)10-7-3/h11-13,17-18H,5-10H2,1-4H3/t12-,13-,17+,18+/m0/s1. The number of carbonyl (C=O) groups is 3. The fraction of sp³-hybridized carbons (Fsp3) is 0.778. The highest BCUT2D eigenvalue weighted by atomic mass is 16.6. The van der Waals surface area contributed by atoms with E-state index in [0.717, 1.165) is 0 Å². The molecule has 0 bridgehead atoms. The zero-order valence-corrected chi connectivity index (χ0v) is 15.5. The van der Waals surface area contributed by atoms with Crippen molar-refractivity contribution < 1.29 is 33.3 Å².